The van der Waals surface area contributed by atoms with Gasteiger partial charge in [0.25, 0.3) is 0 Å². The van der Waals surface area contributed by atoms with E-state index in [0.29, 0.717) is 16.8 Å². The van der Waals surface area contributed by atoms with E-state index in [4.69, 9.17) is 0 Å². The van der Waals surface area contributed by atoms with Crippen molar-refractivity contribution in [1.82, 2.24) is 9.55 Å². The van der Waals surface area contributed by atoms with Gasteiger partial charge in [-0.15, -0.1) is 0 Å². The summed E-state index contributed by atoms with van der Waals surface area (Å²) in [6, 6.07) is 11.3. The largest absolute Gasteiger partial charge is 0.326 e. The number of carbonyl (C=O) groups excluding carboxylic acids is 1. The van der Waals surface area contributed by atoms with E-state index in [1.807, 2.05) is 0 Å². The number of rotatable bonds is 3. The van der Waals surface area contributed by atoms with E-state index >= 15 is 0 Å². The van der Waals surface area contributed by atoms with Gasteiger partial charge in [0, 0.05) is 12.7 Å². The summed E-state index contributed by atoms with van der Waals surface area (Å²) in [6.07, 6.45) is -0.0456. The Kier molecular flexibility index (Phi) is 3.50. The standard InChI is InChI=1S/C16H14FN3O2/c1-20-14-7-6-11(9-13(14)19-16(20)22)18-15(21)8-10-4-2-3-5-12(10)17/h2-7,9H,8H2,1H3,(H,18,21)(H,19,22). The number of aromatic nitrogens is 2. The minimum Gasteiger partial charge on any atom is -0.326 e. The molecule has 5 nitrogen and oxygen atoms in total. The number of nitrogens with zero attached hydrogens (tertiary/aromatic N) is 1. The van der Waals surface area contributed by atoms with Gasteiger partial charge in [0.15, 0.2) is 0 Å². The first kappa shape index (κ1) is 14.1. The molecule has 2 N–H and O–H groups in total. The molecule has 1 amide bonds. The number of hydrogen-bond donors (Lipinski definition) is 2. The number of nitrogens with one attached hydrogen (secondary N) is 2. The zero-order valence-corrected chi connectivity index (χ0v) is 11.9. The SMILES string of the molecule is Cn1c(=O)[nH]c2cc(NC(=O)Cc3ccccc3F)ccc21. The lowest BCUT2D eigenvalue weighted by Crippen LogP contribution is -2.15. The van der Waals surface area contributed by atoms with Crippen molar-refractivity contribution in [2.24, 2.45) is 7.05 Å². The molecule has 0 saturated heterocycles. The molecule has 0 unspecified atom stereocenters. The van der Waals surface area contributed by atoms with Gasteiger partial charge >= 0.3 is 5.69 Å². The van der Waals surface area contributed by atoms with Gasteiger partial charge in [0.2, 0.25) is 5.91 Å². The first-order valence-electron chi connectivity index (χ1n) is 6.76. The Hall–Kier alpha value is -2.89. The van der Waals surface area contributed by atoms with Gasteiger partial charge in [-0.2, -0.15) is 0 Å². The van der Waals surface area contributed by atoms with Gasteiger partial charge in [-0.05, 0) is 29.8 Å². The van der Waals surface area contributed by atoms with E-state index in [2.05, 4.69) is 10.3 Å². The number of anilines is 1. The van der Waals surface area contributed by atoms with Crippen LogP contribution in [0, 0.1) is 5.82 Å². The Bertz CT molecular complexity index is 911. The van der Waals surface area contributed by atoms with E-state index in [1.165, 1.54) is 10.6 Å². The highest BCUT2D eigenvalue weighted by Gasteiger charge is 2.09. The fourth-order valence-electron chi connectivity index (χ4n) is 2.33. The molecule has 0 radical (unpaired) electrons. The van der Waals surface area contributed by atoms with E-state index in [0.717, 1.165) is 5.52 Å². The van der Waals surface area contributed by atoms with Gasteiger partial charge in [0.1, 0.15) is 5.82 Å². The number of amides is 1. The number of fused-ring (bicyclic) bond motifs is 1. The van der Waals surface area contributed by atoms with Gasteiger partial charge in [-0.25, -0.2) is 9.18 Å². The normalized spacial score (nSPS) is 10.8. The topological polar surface area (TPSA) is 66.9 Å². The molecule has 1 heterocycles. The van der Waals surface area contributed by atoms with Crippen LogP contribution in [0.3, 0.4) is 0 Å². The quantitative estimate of drug-likeness (QED) is 0.778. The van der Waals surface area contributed by atoms with Gasteiger partial charge in [-0.1, -0.05) is 18.2 Å². The van der Waals surface area contributed by atoms with Crippen molar-refractivity contribution >= 4 is 22.6 Å². The number of aryl methyl sites for hydroxylation is 1. The summed E-state index contributed by atoms with van der Waals surface area (Å²) in [7, 11) is 1.66. The van der Waals surface area contributed by atoms with Crippen molar-refractivity contribution in [1.29, 1.82) is 0 Å². The van der Waals surface area contributed by atoms with Crippen molar-refractivity contribution in [3.63, 3.8) is 0 Å². The monoisotopic (exact) mass is 299 g/mol. The third-order valence-corrected chi connectivity index (χ3v) is 3.50. The molecule has 0 aliphatic rings. The van der Waals surface area contributed by atoms with Gasteiger partial charge in [0.05, 0.1) is 17.5 Å². The van der Waals surface area contributed by atoms with E-state index in [1.54, 1.807) is 43.4 Å². The molecule has 0 aliphatic carbocycles. The predicted molar refractivity (Wildman–Crippen MR) is 82.3 cm³/mol. The predicted octanol–water partition coefficient (Wildman–Crippen LogP) is 2.19. The lowest BCUT2D eigenvalue weighted by molar-refractivity contribution is -0.115. The second-order valence-electron chi connectivity index (χ2n) is 5.04. The molecule has 0 fully saturated rings. The summed E-state index contributed by atoms with van der Waals surface area (Å²) < 4.78 is 15.0. The minimum atomic E-state index is -0.402. The Morgan fingerprint density at radius 1 is 1.27 bits per heavy atom. The minimum absolute atomic E-state index is 0.0456. The van der Waals surface area contributed by atoms with Gasteiger partial charge in [-0.3, -0.25) is 9.36 Å². The number of imidazole rings is 1. The Balaban J connectivity index is 1.79. The molecular formula is C16H14FN3O2. The Labute approximate surface area is 125 Å². The summed E-state index contributed by atoms with van der Waals surface area (Å²) >= 11 is 0. The summed E-state index contributed by atoms with van der Waals surface area (Å²) in [5, 5.41) is 2.70. The zero-order chi connectivity index (χ0) is 15.7. The fraction of sp³-hybridized carbons (Fsp3) is 0.125. The van der Waals surface area contributed by atoms with Crippen LogP contribution in [0.1, 0.15) is 5.56 Å². The maximum Gasteiger partial charge on any atom is 0.326 e. The van der Waals surface area contributed by atoms with Crippen LogP contribution in [0.2, 0.25) is 0 Å². The van der Waals surface area contributed by atoms with Crippen LogP contribution in [-0.2, 0) is 18.3 Å². The van der Waals surface area contributed by atoms with Crippen molar-refractivity contribution < 1.29 is 9.18 Å². The van der Waals surface area contributed by atoms with Crippen molar-refractivity contribution in [2.45, 2.75) is 6.42 Å². The number of carbonyl (C=O) groups is 1. The van der Waals surface area contributed by atoms with Crippen LogP contribution < -0.4 is 11.0 Å². The van der Waals surface area contributed by atoms with Crippen molar-refractivity contribution in [3.8, 4) is 0 Å². The van der Waals surface area contributed by atoms with Crippen LogP contribution in [0.15, 0.2) is 47.3 Å². The van der Waals surface area contributed by atoms with E-state index in [-0.39, 0.29) is 18.0 Å². The number of hydrogen-bond acceptors (Lipinski definition) is 2. The average Bonchev–Trinajstić information content (AvgIpc) is 2.76. The molecule has 0 aliphatic heterocycles. The number of benzene rings is 2. The van der Waals surface area contributed by atoms with Crippen LogP contribution in [-0.4, -0.2) is 15.5 Å². The second kappa shape index (κ2) is 5.48. The van der Waals surface area contributed by atoms with E-state index < -0.39 is 5.82 Å². The third-order valence-electron chi connectivity index (χ3n) is 3.50. The van der Waals surface area contributed by atoms with Crippen LogP contribution in [0.25, 0.3) is 11.0 Å². The molecule has 3 rings (SSSR count). The van der Waals surface area contributed by atoms with Crippen molar-refractivity contribution in [3.05, 3.63) is 64.3 Å². The molecule has 2 aromatic carbocycles. The number of halogens is 1. The summed E-state index contributed by atoms with van der Waals surface area (Å²) in [4.78, 5) is 26.2. The molecule has 0 saturated carbocycles. The summed E-state index contributed by atoms with van der Waals surface area (Å²) in [5.74, 6) is -0.719. The van der Waals surface area contributed by atoms with Gasteiger partial charge < -0.3 is 10.3 Å². The molecular weight excluding hydrogens is 285 g/mol. The second-order valence-corrected chi connectivity index (χ2v) is 5.04. The van der Waals surface area contributed by atoms with Crippen molar-refractivity contribution in [2.75, 3.05) is 5.32 Å². The Morgan fingerprint density at radius 2 is 2.05 bits per heavy atom. The molecule has 22 heavy (non-hydrogen) atoms. The van der Waals surface area contributed by atoms with Crippen LogP contribution >= 0.6 is 0 Å². The van der Waals surface area contributed by atoms with Crippen LogP contribution in [0.5, 0.6) is 0 Å². The highest BCUT2D eigenvalue weighted by molar-refractivity contribution is 5.94. The lowest BCUT2D eigenvalue weighted by Gasteiger charge is -2.06. The molecule has 0 spiro atoms. The highest BCUT2D eigenvalue weighted by atomic mass is 19.1. The molecule has 0 atom stereocenters. The molecule has 0 bridgehead atoms. The lowest BCUT2D eigenvalue weighted by atomic mass is 10.1. The molecule has 1 aromatic heterocycles. The Morgan fingerprint density at radius 3 is 2.82 bits per heavy atom. The maximum absolute atomic E-state index is 13.5. The number of H-pyrrole nitrogens is 1. The fourth-order valence-corrected chi connectivity index (χ4v) is 2.33. The molecule has 6 heteroatoms. The average molecular weight is 299 g/mol. The smallest absolute Gasteiger partial charge is 0.326 e. The zero-order valence-electron chi connectivity index (χ0n) is 11.9. The molecule has 3 aromatic rings. The van der Waals surface area contributed by atoms with E-state index in [9.17, 15) is 14.0 Å². The summed E-state index contributed by atoms with van der Waals surface area (Å²) in [6.45, 7) is 0. The highest BCUT2D eigenvalue weighted by Crippen LogP contribution is 2.16. The molecule has 112 valence electrons. The first-order valence-corrected chi connectivity index (χ1v) is 6.76. The number of aromatic amines is 1. The third kappa shape index (κ3) is 2.63. The maximum atomic E-state index is 13.5. The first-order chi connectivity index (χ1) is 10.5. The summed E-state index contributed by atoms with van der Waals surface area (Å²) in [5.41, 5.74) is 2.06. The van der Waals surface area contributed by atoms with Crippen LogP contribution in [0.4, 0.5) is 10.1 Å².